The summed E-state index contributed by atoms with van der Waals surface area (Å²) in [4.78, 5) is 17.8. The van der Waals surface area contributed by atoms with Crippen molar-refractivity contribution in [3.8, 4) is 11.4 Å². The number of nitrogens with one attached hydrogen (secondary N) is 1. The molecule has 0 unspecified atom stereocenters. The zero-order valence-corrected chi connectivity index (χ0v) is 12.6. The summed E-state index contributed by atoms with van der Waals surface area (Å²) in [5.74, 6) is -1.13. The molecule has 23 heavy (non-hydrogen) atoms. The molecule has 8 heteroatoms. The molecule has 0 bridgehead atoms. The third kappa shape index (κ3) is 3.01. The maximum absolute atomic E-state index is 13.8. The van der Waals surface area contributed by atoms with Gasteiger partial charge in [0.2, 0.25) is 11.7 Å². The van der Waals surface area contributed by atoms with Crippen LogP contribution in [0.4, 0.5) is 13.6 Å². The van der Waals surface area contributed by atoms with Crippen LogP contribution in [0.25, 0.3) is 11.4 Å². The first-order valence-electron chi connectivity index (χ1n) is 7.43. The normalized spacial score (nSPS) is 17.5. The van der Waals surface area contributed by atoms with Gasteiger partial charge in [-0.1, -0.05) is 5.16 Å². The maximum Gasteiger partial charge on any atom is 0.318 e. The Morgan fingerprint density at radius 1 is 1.48 bits per heavy atom. The van der Waals surface area contributed by atoms with Crippen LogP contribution < -0.4 is 5.32 Å². The molecule has 3 rings (SSSR count). The molecular formula is C15H16F2N4O2. The van der Waals surface area contributed by atoms with Crippen molar-refractivity contribution in [2.75, 3.05) is 13.1 Å². The summed E-state index contributed by atoms with van der Waals surface area (Å²) in [6.45, 7) is 2.96. The van der Waals surface area contributed by atoms with Crippen LogP contribution in [0.3, 0.4) is 0 Å². The molecule has 2 aromatic rings. The molecular weight excluding hydrogens is 306 g/mol. The number of hydrogen-bond acceptors (Lipinski definition) is 4. The minimum atomic E-state index is -0.760. The molecule has 1 fully saturated rings. The van der Waals surface area contributed by atoms with E-state index in [-0.39, 0.29) is 29.4 Å². The number of urea groups is 1. The van der Waals surface area contributed by atoms with Crippen LogP contribution in [-0.2, 0) is 0 Å². The Bertz CT molecular complexity index is 719. The lowest BCUT2D eigenvalue weighted by atomic mass is 10.2. The fraction of sp³-hybridized carbons (Fsp3) is 0.400. The van der Waals surface area contributed by atoms with Crippen LogP contribution in [0.15, 0.2) is 22.7 Å². The standard InChI is InChI=1S/C15H16F2N4O2/c1-2-18-15(22)21-7-3-4-12(21)14-19-13(20-23-14)10-6-5-9(16)8-11(10)17/h5-6,8,12H,2-4,7H2,1H3,(H,18,22)/t12-/m0/s1. The van der Waals surface area contributed by atoms with E-state index < -0.39 is 11.6 Å². The summed E-state index contributed by atoms with van der Waals surface area (Å²) in [5, 5.41) is 6.49. The highest BCUT2D eigenvalue weighted by molar-refractivity contribution is 5.74. The van der Waals surface area contributed by atoms with Crippen LogP contribution in [0.2, 0.25) is 0 Å². The molecule has 1 atom stereocenters. The smallest absolute Gasteiger partial charge is 0.318 e. The highest BCUT2D eigenvalue weighted by Gasteiger charge is 2.34. The van der Waals surface area contributed by atoms with Crippen molar-refractivity contribution in [1.82, 2.24) is 20.4 Å². The van der Waals surface area contributed by atoms with Crippen LogP contribution in [0.1, 0.15) is 31.7 Å². The van der Waals surface area contributed by atoms with Gasteiger partial charge in [0.25, 0.3) is 0 Å². The molecule has 6 nitrogen and oxygen atoms in total. The van der Waals surface area contributed by atoms with Crippen molar-refractivity contribution in [1.29, 1.82) is 0 Å². The van der Waals surface area contributed by atoms with E-state index in [9.17, 15) is 13.6 Å². The summed E-state index contributed by atoms with van der Waals surface area (Å²) >= 11 is 0. The highest BCUT2D eigenvalue weighted by atomic mass is 19.1. The minimum absolute atomic E-state index is 0.0419. The first-order chi connectivity index (χ1) is 11.1. The summed E-state index contributed by atoms with van der Waals surface area (Å²) in [6, 6.07) is 2.64. The molecule has 1 aliphatic heterocycles. The molecule has 2 amide bonds. The molecule has 1 aromatic heterocycles. The Kier molecular flexibility index (Phi) is 4.22. The summed E-state index contributed by atoms with van der Waals surface area (Å²) in [6.07, 6.45) is 1.52. The van der Waals surface area contributed by atoms with Gasteiger partial charge in [0.15, 0.2) is 0 Å². The predicted octanol–water partition coefficient (Wildman–Crippen LogP) is 2.88. The number of nitrogens with zero attached hydrogens (tertiary/aromatic N) is 3. The molecule has 1 aliphatic rings. The van der Waals surface area contributed by atoms with Crippen LogP contribution >= 0.6 is 0 Å². The number of aromatic nitrogens is 2. The van der Waals surface area contributed by atoms with Crippen LogP contribution in [-0.4, -0.2) is 34.2 Å². The van der Waals surface area contributed by atoms with Gasteiger partial charge in [0.05, 0.1) is 5.56 Å². The Morgan fingerprint density at radius 3 is 3.04 bits per heavy atom. The molecule has 1 N–H and O–H groups in total. The third-order valence-corrected chi connectivity index (χ3v) is 3.74. The van der Waals surface area contributed by atoms with Gasteiger partial charge in [-0.05, 0) is 31.9 Å². The molecule has 0 aliphatic carbocycles. The van der Waals surface area contributed by atoms with Crippen LogP contribution in [0.5, 0.6) is 0 Å². The zero-order valence-electron chi connectivity index (χ0n) is 12.6. The quantitative estimate of drug-likeness (QED) is 0.943. The number of carbonyl (C=O) groups excluding carboxylic acids is 1. The van der Waals surface area contributed by atoms with E-state index in [2.05, 4.69) is 15.5 Å². The monoisotopic (exact) mass is 322 g/mol. The number of rotatable bonds is 3. The molecule has 1 aromatic carbocycles. The average Bonchev–Trinajstić information content (AvgIpc) is 3.16. The van der Waals surface area contributed by atoms with Gasteiger partial charge in [0.1, 0.15) is 17.7 Å². The fourth-order valence-electron chi connectivity index (χ4n) is 2.67. The van der Waals surface area contributed by atoms with Crippen molar-refractivity contribution in [2.24, 2.45) is 0 Å². The Balaban J connectivity index is 1.85. The lowest BCUT2D eigenvalue weighted by Gasteiger charge is -2.21. The number of likely N-dealkylation sites (tertiary alicyclic amines) is 1. The first-order valence-corrected chi connectivity index (χ1v) is 7.43. The second-order valence-electron chi connectivity index (χ2n) is 5.27. The van der Waals surface area contributed by atoms with Crippen molar-refractivity contribution in [2.45, 2.75) is 25.8 Å². The number of amides is 2. The van der Waals surface area contributed by atoms with Crippen molar-refractivity contribution in [3.05, 3.63) is 35.7 Å². The Labute approximate surface area is 131 Å². The van der Waals surface area contributed by atoms with E-state index in [1.165, 1.54) is 6.07 Å². The van der Waals surface area contributed by atoms with E-state index in [1.54, 1.807) is 4.90 Å². The molecule has 0 saturated carbocycles. The number of benzene rings is 1. The number of carbonyl (C=O) groups is 1. The van der Waals surface area contributed by atoms with Crippen molar-refractivity contribution < 1.29 is 18.1 Å². The van der Waals surface area contributed by atoms with Gasteiger partial charge in [0, 0.05) is 19.2 Å². The topological polar surface area (TPSA) is 71.3 Å². The molecule has 0 spiro atoms. The molecule has 1 saturated heterocycles. The zero-order chi connectivity index (χ0) is 16.4. The first kappa shape index (κ1) is 15.4. The van der Waals surface area contributed by atoms with Gasteiger partial charge in [-0.2, -0.15) is 4.98 Å². The lowest BCUT2D eigenvalue weighted by molar-refractivity contribution is 0.181. The minimum Gasteiger partial charge on any atom is -0.338 e. The van der Waals surface area contributed by atoms with Gasteiger partial charge in [-0.3, -0.25) is 0 Å². The summed E-state index contributed by atoms with van der Waals surface area (Å²) in [5.41, 5.74) is 0.0592. The average molecular weight is 322 g/mol. The third-order valence-electron chi connectivity index (χ3n) is 3.74. The van der Waals surface area contributed by atoms with E-state index in [0.29, 0.717) is 19.5 Å². The van der Waals surface area contributed by atoms with E-state index in [0.717, 1.165) is 18.6 Å². The van der Waals surface area contributed by atoms with Gasteiger partial charge < -0.3 is 14.7 Å². The summed E-state index contributed by atoms with van der Waals surface area (Å²) < 4.78 is 32.0. The maximum atomic E-state index is 13.8. The second kappa shape index (κ2) is 6.31. The predicted molar refractivity (Wildman–Crippen MR) is 77.4 cm³/mol. The second-order valence-corrected chi connectivity index (χ2v) is 5.27. The lowest BCUT2D eigenvalue weighted by Crippen LogP contribution is -2.39. The largest absolute Gasteiger partial charge is 0.338 e. The molecule has 122 valence electrons. The fourth-order valence-corrected chi connectivity index (χ4v) is 2.67. The van der Waals surface area contributed by atoms with Gasteiger partial charge >= 0.3 is 6.03 Å². The molecule has 0 radical (unpaired) electrons. The van der Waals surface area contributed by atoms with Crippen LogP contribution in [0, 0.1) is 11.6 Å². The summed E-state index contributed by atoms with van der Waals surface area (Å²) in [7, 11) is 0. The highest BCUT2D eigenvalue weighted by Crippen LogP contribution is 2.32. The van der Waals surface area contributed by atoms with E-state index in [4.69, 9.17) is 4.52 Å². The van der Waals surface area contributed by atoms with Crippen molar-refractivity contribution >= 4 is 6.03 Å². The van der Waals surface area contributed by atoms with Crippen molar-refractivity contribution in [3.63, 3.8) is 0 Å². The van der Waals surface area contributed by atoms with E-state index in [1.807, 2.05) is 6.92 Å². The van der Waals surface area contributed by atoms with Gasteiger partial charge in [-0.15, -0.1) is 0 Å². The number of halogens is 2. The van der Waals surface area contributed by atoms with Gasteiger partial charge in [-0.25, -0.2) is 13.6 Å². The SMILES string of the molecule is CCNC(=O)N1CCC[C@H]1c1nc(-c2ccc(F)cc2F)no1. The number of hydrogen-bond donors (Lipinski definition) is 1. The molecule has 2 heterocycles. The van der Waals surface area contributed by atoms with E-state index >= 15 is 0 Å². The Hall–Kier alpha value is -2.51. The Morgan fingerprint density at radius 2 is 2.30 bits per heavy atom.